The number of rotatable bonds is 3. The molecule has 1 aromatic carbocycles. The van der Waals surface area contributed by atoms with Gasteiger partial charge in [0.25, 0.3) is 0 Å². The van der Waals surface area contributed by atoms with Crippen LogP contribution in [0, 0.1) is 5.95 Å². The first-order valence-electron chi connectivity index (χ1n) is 9.01. The number of phenolic OH excluding ortho intramolecular Hbond substituents is 1. The van der Waals surface area contributed by atoms with Crippen LogP contribution >= 0.6 is 27.5 Å². The number of benzene rings is 1. The Bertz CT molecular complexity index is 971. The summed E-state index contributed by atoms with van der Waals surface area (Å²) in [5, 5.41) is 10.4. The second-order valence-electron chi connectivity index (χ2n) is 6.85. The lowest BCUT2D eigenvalue weighted by atomic mass is 9.83. The molecule has 1 unspecified atom stereocenters. The Morgan fingerprint density at radius 2 is 1.97 bits per heavy atom. The van der Waals surface area contributed by atoms with Crippen molar-refractivity contribution in [2.75, 3.05) is 44.4 Å². The Morgan fingerprint density at radius 3 is 2.69 bits per heavy atom. The molecule has 2 aliphatic rings. The van der Waals surface area contributed by atoms with Crippen LogP contribution < -0.4 is 10.6 Å². The molecule has 0 saturated carbocycles. The standard InChI is InChI=1S/C19H19BrClFN4O3/c20-11-1-2-14(27)12(7-11)19(10-29-9-15(23)25-19)13-8-16(24-18(22)17(13)21)26-3-5-28-6-4-26/h1-2,7-8,27H,3-6,9-10H2,(H2,23,25). The summed E-state index contributed by atoms with van der Waals surface area (Å²) in [6.45, 7) is 2.36. The molecule has 7 nitrogen and oxygen atoms in total. The molecule has 29 heavy (non-hydrogen) atoms. The van der Waals surface area contributed by atoms with Crippen molar-refractivity contribution >= 4 is 39.2 Å². The Morgan fingerprint density at radius 1 is 1.21 bits per heavy atom. The maximum absolute atomic E-state index is 14.8. The number of nitrogens with two attached hydrogens (primary N) is 1. The van der Waals surface area contributed by atoms with Crippen LogP contribution in [-0.4, -0.2) is 55.4 Å². The van der Waals surface area contributed by atoms with Gasteiger partial charge in [0.05, 0.1) is 19.8 Å². The van der Waals surface area contributed by atoms with E-state index in [-0.39, 0.29) is 29.8 Å². The number of aromatic hydroxyl groups is 1. The minimum Gasteiger partial charge on any atom is -0.508 e. The van der Waals surface area contributed by atoms with E-state index in [0.29, 0.717) is 47.7 Å². The van der Waals surface area contributed by atoms with Gasteiger partial charge in [0.1, 0.15) is 34.6 Å². The lowest BCUT2D eigenvalue weighted by Crippen LogP contribution is -2.42. The lowest BCUT2D eigenvalue weighted by Gasteiger charge is -2.36. The van der Waals surface area contributed by atoms with Gasteiger partial charge in [-0.25, -0.2) is 4.98 Å². The van der Waals surface area contributed by atoms with Crippen LogP contribution in [0.2, 0.25) is 5.02 Å². The summed E-state index contributed by atoms with van der Waals surface area (Å²) in [5.41, 5.74) is 5.39. The van der Waals surface area contributed by atoms with Gasteiger partial charge in [0.2, 0.25) is 5.95 Å². The summed E-state index contributed by atoms with van der Waals surface area (Å²) in [5.74, 6) is -0.217. The highest BCUT2D eigenvalue weighted by molar-refractivity contribution is 9.10. The van der Waals surface area contributed by atoms with E-state index in [9.17, 15) is 9.50 Å². The highest BCUT2D eigenvalue weighted by Crippen LogP contribution is 2.45. The number of aliphatic imine (C=N–C) groups is 1. The molecule has 1 saturated heterocycles. The highest BCUT2D eigenvalue weighted by atomic mass is 79.9. The number of aromatic nitrogens is 1. The van der Waals surface area contributed by atoms with Crippen molar-refractivity contribution in [2.45, 2.75) is 5.54 Å². The molecule has 0 aliphatic carbocycles. The van der Waals surface area contributed by atoms with E-state index in [1.807, 2.05) is 4.90 Å². The Labute approximate surface area is 180 Å². The van der Waals surface area contributed by atoms with E-state index in [4.69, 9.17) is 26.8 Å². The highest BCUT2D eigenvalue weighted by Gasteiger charge is 2.42. The maximum atomic E-state index is 14.8. The first kappa shape index (κ1) is 20.3. The number of phenols is 1. The van der Waals surface area contributed by atoms with Gasteiger partial charge in [-0.2, -0.15) is 4.39 Å². The van der Waals surface area contributed by atoms with Crippen molar-refractivity contribution in [1.29, 1.82) is 0 Å². The topological polar surface area (TPSA) is 93.2 Å². The smallest absolute Gasteiger partial charge is 0.233 e. The largest absolute Gasteiger partial charge is 0.508 e. The number of morpholine rings is 1. The molecule has 1 aromatic heterocycles. The van der Waals surface area contributed by atoms with Crippen molar-refractivity contribution in [3.8, 4) is 5.75 Å². The average molecular weight is 486 g/mol. The van der Waals surface area contributed by atoms with E-state index in [0.717, 1.165) is 0 Å². The third-order valence-corrected chi connectivity index (χ3v) is 5.84. The zero-order valence-corrected chi connectivity index (χ0v) is 17.7. The van der Waals surface area contributed by atoms with Crippen LogP contribution in [0.3, 0.4) is 0 Å². The molecule has 2 aliphatic heterocycles. The van der Waals surface area contributed by atoms with Gasteiger partial charge >= 0.3 is 0 Å². The third-order valence-electron chi connectivity index (χ3n) is 4.98. The predicted molar refractivity (Wildman–Crippen MR) is 111 cm³/mol. The zero-order chi connectivity index (χ0) is 20.6. The normalized spacial score (nSPS) is 22.4. The fraction of sp³-hybridized carbons (Fsp3) is 0.368. The number of amidine groups is 1. The van der Waals surface area contributed by atoms with Crippen molar-refractivity contribution in [2.24, 2.45) is 10.7 Å². The molecule has 1 atom stereocenters. The molecule has 2 aromatic rings. The van der Waals surface area contributed by atoms with Crippen molar-refractivity contribution in [1.82, 2.24) is 4.98 Å². The van der Waals surface area contributed by atoms with Crippen LogP contribution in [-0.2, 0) is 15.0 Å². The summed E-state index contributed by atoms with van der Waals surface area (Å²) in [7, 11) is 0. The minimum atomic E-state index is -1.32. The summed E-state index contributed by atoms with van der Waals surface area (Å²) in [4.78, 5) is 10.5. The van der Waals surface area contributed by atoms with E-state index < -0.39 is 11.5 Å². The molecular formula is C19H19BrClFN4O3. The molecule has 0 spiro atoms. The van der Waals surface area contributed by atoms with Crippen LogP contribution in [0.5, 0.6) is 5.75 Å². The van der Waals surface area contributed by atoms with Crippen LogP contribution in [0.1, 0.15) is 11.1 Å². The minimum absolute atomic E-state index is 0.0311. The summed E-state index contributed by atoms with van der Waals surface area (Å²) < 4.78 is 26.6. The van der Waals surface area contributed by atoms with Crippen molar-refractivity contribution in [3.63, 3.8) is 0 Å². The summed E-state index contributed by atoms with van der Waals surface area (Å²) in [6.07, 6.45) is 0. The number of hydrogen-bond donors (Lipinski definition) is 2. The van der Waals surface area contributed by atoms with E-state index in [1.165, 1.54) is 6.07 Å². The third kappa shape index (κ3) is 3.79. The van der Waals surface area contributed by atoms with Crippen LogP contribution in [0.25, 0.3) is 0 Å². The zero-order valence-electron chi connectivity index (χ0n) is 15.4. The number of nitrogens with zero attached hydrogens (tertiary/aromatic N) is 3. The Hall–Kier alpha value is -1.94. The SMILES string of the molecule is NC1=NC(c2cc(Br)ccc2O)(c2cc(N3CCOCC3)nc(F)c2Cl)COC1. The van der Waals surface area contributed by atoms with Gasteiger partial charge in [0, 0.05) is 28.7 Å². The first-order chi connectivity index (χ1) is 13.9. The van der Waals surface area contributed by atoms with Gasteiger partial charge in [-0.1, -0.05) is 27.5 Å². The predicted octanol–water partition coefficient (Wildman–Crippen LogP) is 2.81. The number of pyridine rings is 1. The molecule has 154 valence electrons. The van der Waals surface area contributed by atoms with Crippen molar-refractivity contribution < 1.29 is 19.0 Å². The molecule has 0 radical (unpaired) electrons. The monoisotopic (exact) mass is 484 g/mol. The Kier molecular flexibility index (Phi) is 5.65. The van der Waals surface area contributed by atoms with Gasteiger partial charge < -0.3 is 25.2 Å². The molecule has 1 fully saturated rings. The van der Waals surface area contributed by atoms with Crippen LogP contribution in [0.4, 0.5) is 10.2 Å². The van der Waals surface area contributed by atoms with E-state index in [2.05, 4.69) is 25.9 Å². The van der Waals surface area contributed by atoms with Gasteiger partial charge in [-0.05, 0) is 24.3 Å². The number of halogens is 3. The van der Waals surface area contributed by atoms with Gasteiger partial charge in [-0.15, -0.1) is 0 Å². The van der Waals surface area contributed by atoms with Crippen molar-refractivity contribution in [3.05, 3.63) is 50.8 Å². The molecular weight excluding hydrogens is 467 g/mol. The molecule has 0 bridgehead atoms. The second kappa shape index (κ2) is 8.06. The molecule has 3 heterocycles. The summed E-state index contributed by atoms with van der Waals surface area (Å²) >= 11 is 9.79. The van der Waals surface area contributed by atoms with E-state index in [1.54, 1.807) is 18.2 Å². The lowest BCUT2D eigenvalue weighted by molar-refractivity contribution is 0.113. The van der Waals surface area contributed by atoms with E-state index >= 15 is 0 Å². The molecule has 10 heteroatoms. The molecule has 0 amide bonds. The second-order valence-corrected chi connectivity index (χ2v) is 8.14. The number of hydrogen-bond acceptors (Lipinski definition) is 7. The Balaban J connectivity index is 1.95. The maximum Gasteiger partial charge on any atom is 0.233 e. The number of anilines is 1. The van der Waals surface area contributed by atoms with Gasteiger partial charge in [-0.3, -0.25) is 4.99 Å². The summed E-state index contributed by atoms with van der Waals surface area (Å²) in [6, 6.07) is 6.60. The quantitative estimate of drug-likeness (QED) is 0.650. The fourth-order valence-electron chi connectivity index (χ4n) is 3.61. The fourth-order valence-corrected chi connectivity index (χ4v) is 4.23. The average Bonchev–Trinajstić information content (AvgIpc) is 2.72. The van der Waals surface area contributed by atoms with Gasteiger partial charge in [0.15, 0.2) is 0 Å². The molecule has 4 rings (SSSR count). The molecule has 3 N–H and O–H groups in total. The number of ether oxygens (including phenoxy) is 2. The van der Waals surface area contributed by atoms with Crippen LogP contribution in [0.15, 0.2) is 33.7 Å². The first-order valence-corrected chi connectivity index (χ1v) is 10.2.